The molecule has 0 aliphatic carbocycles. The number of amides is 1. The van der Waals surface area contributed by atoms with E-state index in [1.807, 2.05) is 13.8 Å². The van der Waals surface area contributed by atoms with Crippen LogP contribution in [0.4, 0.5) is 10.1 Å². The molecule has 3 aromatic rings. The van der Waals surface area contributed by atoms with Crippen molar-refractivity contribution in [3.8, 4) is 0 Å². The molecule has 0 saturated heterocycles. The zero-order chi connectivity index (χ0) is 22.0. The summed E-state index contributed by atoms with van der Waals surface area (Å²) in [4.78, 5) is 51.6. The van der Waals surface area contributed by atoms with Gasteiger partial charge in [-0.05, 0) is 37.1 Å². The molecular formula is C21H23FN4O4. The average molecular weight is 414 g/mol. The van der Waals surface area contributed by atoms with Crippen LogP contribution < -0.4 is 22.1 Å². The standard InChI is InChI=1S/C21H23FN4O4/c1-4-10-25-16(27)12-15(18(28)23-14-8-6-13(22)7-9-14)17-19(25)24(3)21(30)26(11-5-2)20(17)29/h6-9,12H,4-5,10-11H2,1-3H3,(H,23,28). The molecule has 0 spiro atoms. The van der Waals surface area contributed by atoms with E-state index in [4.69, 9.17) is 0 Å². The SMILES string of the molecule is CCCn1c(=O)c2c(C(=O)Nc3ccc(F)cc3)cc(=O)n(CCC)c2n(C)c1=O. The fourth-order valence-corrected chi connectivity index (χ4v) is 3.46. The number of carbonyl (C=O) groups is 1. The minimum atomic E-state index is -0.689. The van der Waals surface area contributed by atoms with Gasteiger partial charge in [0.05, 0.1) is 10.9 Å². The monoisotopic (exact) mass is 414 g/mol. The van der Waals surface area contributed by atoms with Gasteiger partial charge in [0.1, 0.15) is 11.5 Å². The number of fused-ring (bicyclic) bond motifs is 1. The Balaban J connectivity index is 2.33. The van der Waals surface area contributed by atoms with E-state index in [9.17, 15) is 23.6 Å². The summed E-state index contributed by atoms with van der Waals surface area (Å²) in [5.41, 5.74) is -1.37. The molecule has 1 amide bonds. The molecule has 2 aromatic heterocycles. The summed E-state index contributed by atoms with van der Waals surface area (Å²) in [6.45, 7) is 4.17. The molecule has 0 radical (unpaired) electrons. The zero-order valence-electron chi connectivity index (χ0n) is 17.1. The Kier molecular flexibility index (Phi) is 6.00. The molecule has 3 rings (SSSR count). The highest BCUT2D eigenvalue weighted by molar-refractivity contribution is 6.11. The number of halogens is 1. The zero-order valence-corrected chi connectivity index (χ0v) is 17.1. The van der Waals surface area contributed by atoms with Crippen LogP contribution in [0.5, 0.6) is 0 Å². The number of carbonyl (C=O) groups excluding carboxylic acids is 1. The first-order valence-corrected chi connectivity index (χ1v) is 9.74. The van der Waals surface area contributed by atoms with Gasteiger partial charge in [-0.2, -0.15) is 0 Å². The van der Waals surface area contributed by atoms with Gasteiger partial charge in [0.2, 0.25) is 0 Å². The summed E-state index contributed by atoms with van der Waals surface area (Å²) >= 11 is 0. The van der Waals surface area contributed by atoms with Crippen molar-refractivity contribution in [1.82, 2.24) is 13.7 Å². The Morgan fingerprint density at radius 2 is 1.60 bits per heavy atom. The number of aromatic nitrogens is 3. The number of aryl methyl sites for hydroxylation is 2. The second kappa shape index (κ2) is 8.48. The van der Waals surface area contributed by atoms with Crippen molar-refractivity contribution >= 4 is 22.6 Å². The number of hydrogen-bond acceptors (Lipinski definition) is 4. The summed E-state index contributed by atoms with van der Waals surface area (Å²) in [5.74, 6) is -1.15. The maximum absolute atomic E-state index is 13.2. The van der Waals surface area contributed by atoms with Crippen molar-refractivity contribution in [2.45, 2.75) is 39.8 Å². The lowest BCUT2D eigenvalue weighted by molar-refractivity contribution is 0.102. The van der Waals surface area contributed by atoms with Gasteiger partial charge in [0.25, 0.3) is 17.0 Å². The average Bonchev–Trinajstić information content (AvgIpc) is 2.72. The molecule has 0 saturated carbocycles. The molecule has 1 aromatic carbocycles. The summed E-state index contributed by atoms with van der Waals surface area (Å²) in [6.07, 6.45) is 1.15. The molecule has 158 valence electrons. The van der Waals surface area contributed by atoms with E-state index in [1.165, 1.54) is 40.4 Å². The molecule has 0 unspecified atom stereocenters. The Morgan fingerprint density at radius 1 is 1.00 bits per heavy atom. The highest BCUT2D eigenvalue weighted by Gasteiger charge is 2.22. The van der Waals surface area contributed by atoms with Gasteiger partial charge in [-0.3, -0.25) is 28.1 Å². The minimum absolute atomic E-state index is 0.00166. The van der Waals surface area contributed by atoms with E-state index in [1.54, 1.807) is 0 Å². The predicted octanol–water partition coefficient (Wildman–Crippen LogP) is 2.07. The van der Waals surface area contributed by atoms with Gasteiger partial charge in [-0.15, -0.1) is 0 Å². The number of benzene rings is 1. The van der Waals surface area contributed by atoms with Gasteiger partial charge >= 0.3 is 5.69 Å². The lowest BCUT2D eigenvalue weighted by Crippen LogP contribution is -2.42. The molecule has 0 aliphatic rings. The molecule has 0 aliphatic heterocycles. The Morgan fingerprint density at radius 3 is 2.20 bits per heavy atom. The first-order valence-electron chi connectivity index (χ1n) is 9.74. The Bertz CT molecular complexity index is 1290. The lowest BCUT2D eigenvalue weighted by atomic mass is 10.1. The molecule has 30 heavy (non-hydrogen) atoms. The second-order valence-electron chi connectivity index (χ2n) is 7.01. The van der Waals surface area contributed by atoms with Gasteiger partial charge in [0.15, 0.2) is 0 Å². The molecule has 2 heterocycles. The van der Waals surface area contributed by atoms with Gasteiger partial charge in [0, 0.05) is 31.9 Å². The van der Waals surface area contributed by atoms with Crippen molar-refractivity contribution in [3.05, 3.63) is 72.9 Å². The Labute approximate surface area is 171 Å². The summed E-state index contributed by atoms with van der Waals surface area (Å²) in [7, 11) is 1.48. The smallest absolute Gasteiger partial charge is 0.322 e. The van der Waals surface area contributed by atoms with E-state index in [-0.39, 0.29) is 23.1 Å². The van der Waals surface area contributed by atoms with Gasteiger partial charge in [-0.1, -0.05) is 13.8 Å². The number of rotatable bonds is 6. The van der Waals surface area contributed by atoms with Crippen molar-refractivity contribution in [3.63, 3.8) is 0 Å². The van der Waals surface area contributed by atoms with Crippen molar-refractivity contribution < 1.29 is 9.18 Å². The lowest BCUT2D eigenvalue weighted by Gasteiger charge is -2.17. The van der Waals surface area contributed by atoms with Crippen LogP contribution in [0.1, 0.15) is 37.0 Å². The van der Waals surface area contributed by atoms with Crippen LogP contribution >= 0.6 is 0 Å². The second-order valence-corrected chi connectivity index (χ2v) is 7.01. The molecule has 9 heteroatoms. The first-order chi connectivity index (χ1) is 14.3. The molecule has 1 N–H and O–H groups in total. The van der Waals surface area contributed by atoms with E-state index in [0.29, 0.717) is 25.1 Å². The van der Waals surface area contributed by atoms with E-state index < -0.39 is 28.5 Å². The van der Waals surface area contributed by atoms with E-state index >= 15 is 0 Å². The number of nitrogens with one attached hydrogen (secondary N) is 1. The van der Waals surface area contributed by atoms with Crippen LogP contribution in [0, 0.1) is 5.82 Å². The maximum atomic E-state index is 13.2. The molecular weight excluding hydrogens is 391 g/mol. The number of anilines is 1. The van der Waals surface area contributed by atoms with Crippen molar-refractivity contribution in [1.29, 1.82) is 0 Å². The number of hydrogen-bond donors (Lipinski definition) is 1. The number of nitrogens with zero attached hydrogens (tertiary/aromatic N) is 3. The fraction of sp³-hybridized carbons (Fsp3) is 0.333. The summed E-state index contributed by atoms with van der Waals surface area (Å²) in [6, 6.07) is 6.23. The molecule has 8 nitrogen and oxygen atoms in total. The Hall–Kier alpha value is -3.49. The normalized spacial score (nSPS) is 11.1. The topological polar surface area (TPSA) is 95.1 Å². The molecule has 0 bridgehead atoms. The van der Waals surface area contributed by atoms with Crippen LogP contribution in [0.3, 0.4) is 0 Å². The third-order valence-corrected chi connectivity index (χ3v) is 4.82. The molecule has 0 atom stereocenters. The summed E-state index contributed by atoms with van der Waals surface area (Å²) < 4.78 is 16.8. The summed E-state index contributed by atoms with van der Waals surface area (Å²) in [5, 5.41) is 2.58. The third-order valence-electron chi connectivity index (χ3n) is 4.82. The van der Waals surface area contributed by atoms with E-state index in [0.717, 1.165) is 10.6 Å². The van der Waals surface area contributed by atoms with Crippen LogP contribution in [-0.4, -0.2) is 19.6 Å². The predicted molar refractivity (Wildman–Crippen MR) is 113 cm³/mol. The highest BCUT2D eigenvalue weighted by atomic mass is 19.1. The quantitative estimate of drug-likeness (QED) is 0.668. The van der Waals surface area contributed by atoms with Gasteiger partial charge < -0.3 is 5.32 Å². The van der Waals surface area contributed by atoms with Crippen LogP contribution in [0.2, 0.25) is 0 Å². The highest BCUT2D eigenvalue weighted by Crippen LogP contribution is 2.16. The van der Waals surface area contributed by atoms with Crippen molar-refractivity contribution in [2.24, 2.45) is 7.05 Å². The van der Waals surface area contributed by atoms with Crippen LogP contribution in [-0.2, 0) is 20.1 Å². The number of pyridine rings is 1. The van der Waals surface area contributed by atoms with Crippen LogP contribution in [0.25, 0.3) is 11.0 Å². The van der Waals surface area contributed by atoms with Gasteiger partial charge in [-0.25, -0.2) is 9.18 Å². The molecule has 0 fully saturated rings. The van der Waals surface area contributed by atoms with Crippen LogP contribution in [0.15, 0.2) is 44.7 Å². The maximum Gasteiger partial charge on any atom is 0.332 e. The largest absolute Gasteiger partial charge is 0.332 e. The first kappa shape index (κ1) is 21.2. The van der Waals surface area contributed by atoms with Crippen molar-refractivity contribution in [2.75, 3.05) is 5.32 Å². The third kappa shape index (κ3) is 3.70. The van der Waals surface area contributed by atoms with E-state index in [2.05, 4.69) is 5.32 Å². The minimum Gasteiger partial charge on any atom is -0.322 e. The fourth-order valence-electron chi connectivity index (χ4n) is 3.46.